The van der Waals surface area contributed by atoms with Gasteiger partial charge in [-0.3, -0.25) is 4.79 Å². The van der Waals surface area contributed by atoms with E-state index in [2.05, 4.69) is 32.2 Å². The Morgan fingerprint density at radius 3 is 2.00 bits per heavy atom. The second kappa shape index (κ2) is 22.7. The SMILES string of the molecule is C=CC(=C)C[C@H](O)C=C(C)C.CC/C=C\CCCCCCCCCCOC(C)=O. The smallest absolute Gasteiger partial charge is 0.302 e. The lowest BCUT2D eigenvalue weighted by Crippen LogP contribution is -2.02. The summed E-state index contributed by atoms with van der Waals surface area (Å²) in [5, 5.41) is 9.34. The highest BCUT2D eigenvalue weighted by molar-refractivity contribution is 5.65. The number of aliphatic hydroxyl groups is 1. The first kappa shape index (κ1) is 29.6. The second-order valence-electron chi connectivity index (χ2n) is 7.71. The lowest BCUT2D eigenvalue weighted by atomic mass is 10.1. The molecule has 1 N–H and O–H groups in total. The minimum atomic E-state index is -0.412. The van der Waals surface area contributed by atoms with Crippen molar-refractivity contribution in [3.8, 4) is 0 Å². The van der Waals surface area contributed by atoms with Crippen molar-refractivity contribution in [3.05, 3.63) is 48.6 Å². The average Bonchev–Trinajstić information content (AvgIpc) is 2.65. The Morgan fingerprint density at radius 1 is 0.966 bits per heavy atom. The molecule has 0 aliphatic rings. The maximum Gasteiger partial charge on any atom is 0.302 e. The third kappa shape index (κ3) is 28.7. The van der Waals surface area contributed by atoms with E-state index in [1.807, 2.05) is 19.9 Å². The Morgan fingerprint density at radius 2 is 1.52 bits per heavy atom. The monoisotopic (exact) mass is 406 g/mol. The van der Waals surface area contributed by atoms with Crippen molar-refractivity contribution in [2.24, 2.45) is 0 Å². The van der Waals surface area contributed by atoms with Crippen molar-refractivity contribution in [2.75, 3.05) is 6.61 Å². The van der Waals surface area contributed by atoms with Gasteiger partial charge in [0.2, 0.25) is 0 Å². The third-order valence-corrected chi connectivity index (χ3v) is 4.26. The van der Waals surface area contributed by atoms with E-state index in [1.54, 1.807) is 6.08 Å². The molecule has 0 amide bonds. The van der Waals surface area contributed by atoms with Crippen molar-refractivity contribution in [3.63, 3.8) is 0 Å². The lowest BCUT2D eigenvalue weighted by Gasteiger charge is -2.05. The van der Waals surface area contributed by atoms with Gasteiger partial charge in [0.25, 0.3) is 0 Å². The summed E-state index contributed by atoms with van der Waals surface area (Å²) >= 11 is 0. The number of ether oxygens (including phenoxy) is 1. The van der Waals surface area contributed by atoms with E-state index >= 15 is 0 Å². The molecule has 29 heavy (non-hydrogen) atoms. The predicted octanol–water partition coefficient (Wildman–Crippen LogP) is 7.47. The van der Waals surface area contributed by atoms with Crippen LogP contribution in [-0.4, -0.2) is 23.8 Å². The average molecular weight is 407 g/mol. The predicted molar refractivity (Wildman–Crippen MR) is 127 cm³/mol. The van der Waals surface area contributed by atoms with Crippen molar-refractivity contribution >= 4 is 5.97 Å². The van der Waals surface area contributed by atoms with E-state index in [4.69, 9.17) is 4.74 Å². The summed E-state index contributed by atoms with van der Waals surface area (Å²) in [6.07, 6.45) is 20.8. The van der Waals surface area contributed by atoms with Gasteiger partial charge in [0.05, 0.1) is 12.7 Å². The molecule has 0 radical (unpaired) electrons. The normalized spacial score (nSPS) is 11.3. The van der Waals surface area contributed by atoms with Crippen LogP contribution in [0.4, 0.5) is 0 Å². The summed E-state index contributed by atoms with van der Waals surface area (Å²) in [5.41, 5.74) is 1.99. The van der Waals surface area contributed by atoms with E-state index in [0.29, 0.717) is 13.0 Å². The molecular formula is C26H46O3. The number of esters is 1. The van der Waals surface area contributed by atoms with E-state index in [0.717, 1.165) is 24.0 Å². The van der Waals surface area contributed by atoms with E-state index in [1.165, 1.54) is 58.3 Å². The first-order valence-electron chi connectivity index (χ1n) is 11.2. The summed E-state index contributed by atoms with van der Waals surface area (Å²) in [5.74, 6) is -0.160. The number of allylic oxidation sites excluding steroid dienone is 4. The van der Waals surface area contributed by atoms with E-state index in [-0.39, 0.29) is 5.97 Å². The first-order chi connectivity index (χ1) is 13.8. The maximum atomic E-state index is 10.5. The quantitative estimate of drug-likeness (QED) is 0.125. The van der Waals surface area contributed by atoms with Crippen molar-refractivity contribution in [2.45, 2.75) is 104 Å². The minimum Gasteiger partial charge on any atom is -0.466 e. The molecule has 0 aromatic heterocycles. The molecule has 0 saturated heterocycles. The molecule has 0 aliphatic heterocycles. The highest BCUT2D eigenvalue weighted by Crippen LogP contribution is 2.10. The van der Waals surface area contributed by atoms with Crippen LogP contribution in [0.3, 0.4) is 0 Å². The summed E-state index contributed by atoms with van der Waals surface area (Å²) < 4.78 is 4.89. The van der Waals surface area contributed by atoms with Crippen LogP contribution in [0.5, 0.6) is 0 Å². The number of hydrogen-bond donors (Lipinski definition) is 1. The summed E-state index contributed by atoms with van der Waals surface area (Å²) in [6, 6.07) is 0. The van der Waals surface area contributed by atoms with E-state index < -0.39 is 6.10 Å². The van der Waals surface area contributed by atoms with Crippen LogP contribution >= 0.6 is 0 Å². The van der Waals surface area contributed by atoms with Crippen molar-refractivity contribution < 1.29 is 14.6 Å². The molecule has 168 valence electrons. The molecule has 3 nitrogen and oxygen atoms in total. The minimum absolute atomic E-state index is 0.160. The van der Waals surface area contributed by atoms with Gasteiger partial charge < -0.3 is 9.84 Å². The zero-order valence-electron chi connectivity index (χ0n) is 19.5. The summed E-state index contributed by atoms with van der Waals surface area (Å²) in [6.45, 7) is 15.4. The second-order valence-corrected chi connectivity index (χ2v) is 7.71. The van der Waals surface area contributed by atoms with Gasteiger partial charge in [-0.25, -0.2) is 0 Å². The zero-order chi connectivity index (χ0) is 22.3. The van der Waals surface area contributed by atoms with Crippen LogP contribution in [0.2, 0.25) is 0 Å². The molecule has 0 bridgehead atoms. The lowest BCUT2D eigenvalue weighted by molar-refractivity contribution is -0.141. The number of carbonyl (C=O) groups excluding carboxylic acids is 1. The highest BCUT2D eigenvalue weighted by Gasteiger charge is 1.99. The van der Waals surface area contributed by atoms with Crippen LogP contribution < -0.4 is 0 Å². The molecule has 0 aromatic carbocycles. The third-order valence-electron chi connectivity index (χ3n) is 4.26. The molecule has 0 rings (SSSR count). The van der Waals surface area contributed by atoms with Gasteiger partial charge >= 0.3 is 5.97 Å². The molecule has 0 unspecified atom stereocenters. The van der Waals surface area contributed by atoms with Crippen LogP contribution in [0, 0.1) is 0 Å². The van der Waals surface area contributed by atoms with Crippen LogP contribution in [0.15, 0.2) is 48.6 Å². The maximum absolute atomic E-state index is 10.5. The fourth-order valence-electron chi connectivity index (χ4n) is 2.72. The van der Waals surface area contributed by atoms with Gasteiger partial charge in [-0.1, -0.05) is 94.1 Å². The van der Waals surface area contributed by atoms with Gasteiger partial charge in [-0.05, 0) is 39.5 Å². The topological polar surface area (TPSA) is 46.5 Å². The molecule has 1 atom stereocenters. The molecule has 0 saturated carbocycles. The van der Waals surface area contributed by atoms with Gasteiger partial charge in [-0.2, -0.15) is 0 Å². The van der Waals surface area contributed by atoms with Gasteiger partial charge in [0, 0.05) is 13.3 Å². The molecular weight excluding hydrogens is 360 g/mol. The first-order valence-corrected chi connectivity index (χ1v) is 11.2. The molecule has 0 fully saturated rings. The molecule has 0 spiro atoms. The summed E-state index contributed by atoms with van der Waals surface area (Å²) in [4.78, 5) is 10.5. The Labute approximate surface area is 180 Å². The number of rotatable bonds is 16. The molecule has 0 aliphatic carbocycles. The van der Waals surface area contributed by atoms with Crippen LogP contribution in [-0.2, 0) is 9.53 Å². The van der Waals surface area contributed by atoms with Crippen molar-refractivity contribution in [1.29, 1.82) is 0 Å². The number of unbranched alkanes of at least 4 members (excludes halogenated alkanes) is 8. The molecule has 3 heteroatoms. The fraction of sp³-hybridized carbons (Fsp3) is 0.654. The Balaban J connectivity index is 0. The zero-order valence-corrected chi connectivity index (χ0v) is 19.5. The van der Waals surface area contributed by atoms with Gasteiger partial charge in [0.1, 0.15) is 0 Å². The van der Waals surface area contributed by atoms with Gasteiger partial charge in [-0.15, -0.1) is 0 Å². The number of carbonyl (C=O) groups is 1. The molecule has 0 heterocycles. The highest BCUT2D eigenvalue weighted by atomic mass is 16.5. The Bertz CT molecular complexity index is 470. The van der Waals surface area contributed by atoms with Crippen LogP contribution in [0.1, 0.15) is 98.3 Å². The number of aliphatic hydroxyl groups excluding tert-OH is 1. The fourth-order valence-corrected chi connectivity index (χ4v) is 2.72. The number of hydrogen-bond acceptors (Lipinski definition) is 3. The van der Waals surface area contributed by atoms with Crippen LogP contribution in [0.25, 0.3) is 0 Å². The standard InChI is InChI=1S/C16H30O2.C10H16O/c1-3-4-5-6-7-8-9-10-11-12-13-14-15-18-16(2)17;1-5-9(4)7-10(11)6-8(2)3/h4-5H,3,6-15H2,1-2H3;5-6,10-11H,1,4,7H2,2-3H3/b5-4-;/t;10-/m.1/s1. The largest absolute Gasteiger partial charge is 0.466 e. The Kier molecular flexibility index (Phi) is 23.1. The van der Waals surface area contributed by atoms with Crippen molar-refractivity contribution in [1.82, 2.24) is 0 Å². The van der Waals surface area contributed by atoms with Gasteiger partial charge in [0.15, 0.2) is 0 Å². The summed E-state index contributed by atoms with van der Waals surface area (Å²) in [7, 11) is 0. The Hall–Kier alpha value is -1.61. The van der Waals surface area contributed by atoms with E-state index in [9.17, 15) is 9.90 Å². The molecule has 0 aromatic rings.